The van der Waals surface area contributed by atoms with Gasteiger partial charge in [-0.15, -0.1) is 0 Å². The highest BCUT2D eigenvalue weighted by atomic mass is 79.9. The maximum absolute atomic E-state index is 11.6. The molecule has 1 rings (SSSR count). The van der Waals surface area contributed by atoms with Crippen LogP contribution >= 0.6 is 15.9 Å². The van der Waals surface area contributed by atoms with E-state index < -0.39 is 11.7 Å². The van der Waals surface area contributed by atoms with E-state index in [1.807, 2.05) is 46.8 Å². The third-order valence-corrected chi connectivity index (χ3v) is 3.31. The number of ether oxygens (including phenoxy) is 1. The third kappa shape index (κ3) is 4.04. The summed E-state index contributed by atoms with van der Waals surface area (Å²) in [5, 5.41) is 2.73. The Bertz CT molecular complexity index is 436. The Morgan fingerprint density at radius 1 is 1.29 bits per heavy atom. The fourth-order valence-electron chi connectivity index (χ4n) is 1.29. The Hall–Kier alpha value is -1.03. The largest absolute Gasteiger partial charge is 0.444 e. The molecule has 94 valence electrons. The van der Waals surface area contributed by atoms with Crippen molar-refractivity contribution in [1.82, 2.24) is 0 Å². The maximum atomic E-state index is 11.6. The average Bonchev–Trinajstić information content (AvgIpc) is 2.16. The van der Waals surface area contributed by atoms with Gasteiger partial charge >= 0.3 is 6.09 Å². The van der Waals surface area contributed by atoms with Crippen molar-refractivity contribution in [3.8, 4) is 0 Å². The molecular formula is C13H18BrNO2. The minimum absolute atomic E-state index is 0.443. The van der Waals surface area contributed by atoms with Gasteiger partial charge in [-0.1, -0.05) is 6.07 Å². The van der Waals surface area contributed by atoms with Crippen molar-refractivity contribution < 1.29 is 9.53 Å². The summed E-state index contributed by atoms with van der Waals surface area (Å²) in [5.41, 5.74) is 2.52. The molecule has 0 heterocycles. The van der Waals surface area contributed by atoms with Gasteiger partial charge in [-0.3, -0.25) is 5.32 Å². The summed E-state index contributed by atoms with van der Waals surface area (Å²) in [4.78, 5) is 11.6. The number of carbonyl (C=O) groups is 1. The summed E-state index contributed by atoms with van der Waals surface area (Å²) in [5.74, 6) is 0. The summed E-state index contributed by atoms with van der Waals surface area (Å²) in [6, 6.07) is 3.82. The first kappa shape index (κ1) is 14.0. The van der Waals surface area contributed by atoms with Crippen LogP contribution in [0.4, 0.5) is 10.5 Å². The summed E-state index contributed by atoms with van der Waals surface area (Å²) >= 11 is 3.47. The van der Waals surface area contributed by atoms with Crippen molar-refractivity contribution in [2.24, 2.45) is 0 Å². The number of hydrogen-bond acceptors (Lipinski definition) is 2. The topological polar surface area (TPSA) is 38.3 Å². The van der Waals surface area contributed by atoms with E-state index in [9.17, 15) is 4.79 Å². The molecular weight excluding hydrogens is 282 g/mol. The molecule has 0 fully saturated rings. The highest BCUT2D eigenvalue weighted by Crippen LogP contribution is 2.28. The predicted molar refractivity (Wildman–Crippen MR) is 73.5 cm³/mol. The van der Waals surface area contributed by atoms with Crippen LogP contribution in [-0.2, 0) is 4.74 Å². The van der Waals surface area contributed by atoms with Gasteiger partial charge in [-0.25, -0.2) is 4.79 Å². The zero-order valence-electron chi connectivity index (χ0n) is 10.8. The summed E-state index contributed by atoms with van der Waals surface area (Å²) in [7, 11) is 0. The lowest BCUT2D eigenvalue weighted by molar-refractivity contribution is 0.0636. The highest BCUT2D eigenvalue weighted by molar-refractivity contribution is 9.10. The van der Waals surface area contributed by atoms with Crippen molar-refractivity contribution in [3.05, 3.63) is 27.7 Å². The first-order valence-electron chi connectivity index (χ1n) is 5.46. The smallest absolute Gasteiger partial charge is 0.412 e. The quantitative estimate of drug-likeness (QED) is 0.834. The van der Waals surface area contributed by atoms with Gasteiger partial charge in [-0.05, 0) is 67.7 Å². The van der Waals surface area contributed by atoms with Crippen molar-refractivity contribution >= 4 is 27.7 Å². The van der Waals surface area contributed by atoms with Gasteiger partial charge in [0, 0.05) is 4.47 Å². The molecule has 1 amide bonds. The molecule has 0 aliphatic carbocycles. The Morgan fingerprint density at radius 3 is 2.41 bits per heavy atom. The average molecular weight is 300 g/mol. The van der Waals surface area contributed by atoms with Gasteiger partial charge in [-0.2, -0.15) is 0 Å². The number of rotatable bonds is 1. The van der Waals surface area contributed by atoms with Crippen LogP contribution in [0, 0.1) is 13.8 Å². The maximum Gasteiger partial charge on any atom is 0.412 e. The van der Waals surface area contributed by atoms with Crippen LogP contribution in [0.15, 0.2) is 16.6 Å². The minimum atomic E-state index is -0.490. The monoisotopic (exact) mass is 299 g/mol. The molecule has 0 aliphatic rings. The lowest BCUT2D eigenvalue weighted by atomic mass is 10.1. The fourth-order valence-corrected chi connectivity index (χ4v) is 1.84. The number of hydrogen-bond donors (Lipinski definition) is 1. The second-order valence-corrected chi connectivity index (χ2v) is 5.79. The number of carbonyl (C=O) groups excluding carboxylic acids is 1. The van der Waals surface area contributed by atoms with Gasteiger partial charge in [0.05, 0.1) is 5.69 Å². The van der Waals surface area contributed by atoms with Gasteiger partial charge in [0.1, 0.15) is 5.60 Å². The molecule has 1 N–H and O–H groups in total. The van der Waals surface area contributed by atoms with Crippen molar-refractivity contribution in [2.75, 3.05) is 5.32 Å². The van der Waals surface area contributed by atoms with Crippen LogP contribution in [0.5, 0.6) is 0 Å². The Labute approximate surface area is 111 Å². The molecule has 0 spiro atoms. The highest BCUT2D eigenvalue weighted by Gasteiger charge is 2.17. The van der Waals surface area contributed by atoms with Gasteiger partial charge in [0.15, 0.2) is 0 Å². The molecule has 0 saturated carbocycles. The normalized spacial score (nSPS) is 11.2. The van der Waals surface area contributed by atoms with Crippen molar-refractivity contribution in [2.45, 2.75) is 40.2 Å². The van der Waals surface area contributed by atoms with E-state index >= 15 is 0 Å². The van der Waals surface area contributed by atoms with Crippen LogP contribution in [0.25, 0.3) is 0 Å². The number of nitrogens with one attached hydrogen (secondary N) is 1. The lowest BCUT2D eigenvalue weighted by Gasteiger charge is -2.20. The van der Waals surface area contributed by atoms with Gasteiger partial charge in [0.25, 0.3) is 0 Å². The van der Waals surface area contributed by atoms with Crippen LogP contribution in [0.3, 0.4) is 0 Å². The molecule has 0 radical (unpaired) electrons. The molecule has 1 aromatic carbocycles. The first-order chi connectivity index (χ1) is 7.70. The number of halogens is 1. The van der Waals surface area contributed by atoms with E-state index in [1.165, 1.54) is 5.56 Å². The van der Waals surface area contributed by atoms with Gasteiger partial charge < -0.3 is 4.74 Å². The SMILES string of the molecule is Cc1ccc(NC(=O)OC(C)(C)C)c(Br)c1C. The molecule has 0 unspecified atom stereocenters. The molecule has 17 heavy (non-hydrogen) atoms. The third-order valence-electron chi connectivity index (χ3n) is 2.29. The van der Waals surface area contributed by atoms with Crippen molar-refractivity contribution in [1.29, 1.82) is 0 Å². The van der Waals surface area contributed by atoms with Crippen LogP contribution in [-0.4, -0.2) is 11.7 Å². The number of amides is 1. The Balaban J connectivity index is 2.83. The number of aryl methyl sites for hydroxylation is 1. The second-order valence-electron chi connectivity index (χ2n) is 5.00. The molecule has 1 aromatic rings. The zero-order chi connectivity index (χ0) is 13.2. The number of anilines is 1. The minimum Gasteiger partial charge on any atom is -0.444 e. The standard InChI is InChI=1S/C13H18BrNO2/c1-8-6-7-10(11(14)9(8)2)15-12(16)17-13(3,4)5/h6-7H,1-5H3,(H,15,16). The molecule has 0 bridgehead atoms. The second kappa shape index (κ2) is 5.08. The molecule has 0 atom stereocenters. The van der Waals surface area contributed by atoms with E-state index in [0.29, 0.717) is 0 Å². The van der Waals surface area contributed by atoms with E-state index in [0.717, 1.165) is 15.7 Å². The Morgan fingerprint density at radius 2 is 1.88 bits per heavy atom. The summed E-state index contributed by atoms with van der Waals surface area (Å²) < 4.78 is 6.09. The van der Waals surface area contributed by atoms with E-state index in [4.69, 9.17) is 4.74 Å². The molecule has 0 aromatic heterocycles. The van der Waals surface area contributed by atoms with Crippen LogP contribution < -0.4 is 5.32 Å². The summed E-state index contributed by atoms with van der Waals surface area (Å²) in [6.45, 7) is 9.53. The van der Waals surface area contributed by atoms with Crippen molar-refractivity contribution in [3.63, 3.8) is 0 Å². The van der Waals surface area contributed by atoms with E-state index in [-0.39, 0.29) is 0 Å². The van der Waals surface area contributed by atoms with E-state index in [1.54, 1.807) is 0 Å². The fraction of sp³-hybridized carbons (Fsp3) is 0.462. The van der Waals surface area contributed by atoms with E-state index in [2.05, 4.69) is 21.2 Å². The number of benzene rings is 1. The zero-order valence-corrected chi connectivity index (χ0v) is 12.4. The predicted octanol–water partition coefficient (Wildman–Crippen LogP) is 4.41. The lowest BCUT2D eigenvalue weighted by Crippen LogP contribution is -2.27. The summed E-state index contributed by atoms with van der Waals surface area (Å²) in [6.07, 6.45) is -0.443. The Kier molecular flexibility index (Phi) is 4.20. The molecule has 4 heteroatoms. The van der Waals surface area contributed by atoms with Crippen LogP contribution in [0.1, 0.15) is 31.9 Å². The van der Waals surface area contributed by atoms with Gasteiger partial charge in [0.2, 0.25) is 0 Å². The first-order valence-corrected chi connectivity index (χ1v) is 6.26. The molecule has 0 aliphatic heterocycles. The molecule has 3 nitrogen and oxygen atoms in total. The van der Waals surface area contributed by atoms with Crippen LogP contribution in [0.2, 0.25) is 0 Å². The molecule has 0 saturated heterocycles.